The second-order valence-corrected chi connectivity index (χ2v) is 6.86. The van der Waals surface area contributed by atoms with Gasteiger partial charge in [0.2, 0.25) is 5.13 Å². The van der Waals surface area contributed by atoms with Gasteiger partial charge in [-0.25, -0.2) is 0 Å². The highest BCUT2D eigenvalue weighted by Gasteiger charge is 2.20. The van der Waals surface area contributed by atoms with Gasteiger partial charge in [0.1, 0.15) is 5.75 Å². The number of hydrogen-bond donors (Lipinski definition) is 1. The average molecular weight is 337 g/mol. The van der Waals surface area contributed by atoms with Crippen LogP contribution in [-0.2, 0) is 4.79 Å². The lowest BCUT2D eigenvalue weighted by molar-refractivity contribution is -0.122. The van der Waals surface area contributed by atoms with Crippen LogP contribution in [-0.4, -0.2) is 28.0 Å². The van der Waals surface area contributed by atoms with Crippen molar-refractivity contribution in [3.8, 4) is 5.75 Å². The summed E-state index contributed by atoms with van der Waals surface area (Å²) in [6, 6.07) is 9.33. The molecule has 0 aliphatic heterocycles. The Labute approximate surface area is 138 Å². The normalized spacial score (nSPS) is 11.9. The molecule has 1 amide bonds. The third-order valence-corrected chi connectivity index (χ3v) is 4.93. The number of thioether (sulfide) groups is 1. The van der Waals surface area contributed by atoms with Crippen LogP contribution in [0.15, 0.2) is 34.7 Å². The zero-order valence-electron chi connectivity index (χ0n) is 12.6. The molecule has 2 aromatic rings. The Kier molecular flexibility index (Phi) is 6.67. The van der Waals surface area contributed by atoms with Crippen molar-refractivity contribution in [3.63, 3.8) is 0 Å². The van der Waals surface area contributed by atoms with Crippen LogP contribution in [0.4, 0.5) is 5.13 Å². The van der Waals surface area contributed by atoms with Crippen molar-refractivity contribution in [1.29, 1.82) is 0 Å². The maximum Gasteiger partial charge on any atom is 0.267 e. The van der Waals surface area contributed by atoms with Gasteiger partial charge in [-0.1, -0.05) is 55.1 Å². The number of para-hydroxylation sites is 1. The largest absolute Gasteiger partial charge is 0.481 e. The van der Waals surface area contributed by atoms with Crippen LogP contribution in [0, 0.1) is 0 Å². The summed E-state index contributed by atoms with van der Waals surface area (Å²) in [5.74, 6) is 1.48. The smallest absolute Gasteiger partial charge is 0.267 e. The molecule has 0 saturated carbocycles. The maximum atomic E-state index is 12.3. The molecule has 2 rings (SSSR count). The van der Waals surface area contributed by atoms with E-state index in [1.807, 2.05) is 37.3 Å². The Balaban J connectivity index is 1.93. The molecule has 0 fully saturated rings. The summed E-state index contributed by atoms with van der Waals surface area (Å²) in [4.78, 5) is 12.3. The van der Waals surface area contributed by atoms with E-state index in [0.29, 0.717) is 17.3 Å². The van der Waals surface area contributed by atoms with Crippen molar-refractivity contribution in [3.05, 3.63) is 30.3 Å². The minimum absolute atomic E-state index is 0.199. The first-order valence-corrected chi connectivity index (χ1v) is 9.02. The van der Waals surface area contributed by atoms with Gasteiger partial charge >= 0.3 is 0 Å². The molecule has 0 saturated heterocycles. The van der Waals surface area contributed by atoms with Crippen molar-refractivity contribution in [2.24, 2.45) is 0 Å². The van der Waals surface area contributed by atoms with Crippen LogP contribution >= 0.6 is 23.1 Å². The zero-order chi connectivity index (χ0) is 15.8. The fourth-order valence-electron chi connectivity index (χ4n) is 1.68. The fourth-order valence-corrected chi connectivity index (χ4v) is 3.36. The van der Waals surface area contributed by atoms with E-state index in [9.17, 15) is 4.79 Å². The van der Waals surface area contributed by atoms with Gasteiger partial charge in [-0.2, -0.15) is 0 Å². The first-order chi connectivity index (χ1) is 10.7. The van der Waals surface area contributed by atoms with Gasteiger partial charge < -0.3 is 4.74 Å². The number of nitrogens with zero attached hydrogens (tertiary/aromatic N) is 2. The van der Waals surface area contributed by atoms with Gasteiger partial charge in [0.25, 0.3) is 5.91 Å². The Hall–Kier alpha value is -1.60. The number of ether oxygens (including phenoxy) is 1. The van der Waals surface area contributed by atoms with Crippen LogP contribution < -0.4 is 10.1 Å². The van der Waals surface area contributed by atoms with Crippen LogP contribution in [0.25, 0.3) is 0 Å². The zero-order valence-corrected chi connectivity index (χ0v) is 14.2. The van der Waals surface area contributed by atoms with E-state index < -0.39 is 6.10 Å². The van der Waals surface area contributed by atoms with E-state index in [0.717, 1.165) is 16.5 Å². The Morgan fingerprint density at radius 1 is 1.32 bits per heavy atom. The SMILES string of the molecule is CCCSc1nnc(NC(=O)C(CC)Oc2ccccc2)s1. The highest BCUT2D eigenvalue weighted by molar-refractivity contribution is 8.01. The molecular weight excluding hydrogens is 318 g/mol. The minimum Gasteiger partial charge on any atom is -0.481 e. The monoisotopic (exact) mass is 337 g/mol. The molecule has 1 atom stereocenters. The third-order valence-electron chi connectivity index (χ3n) is 2.75. The molecular formula is C15H19N3O2S2. The molecule has 7 heteroatoms. The van der Waals surface area contributed by atoms with Crippen molar-refractivity contribution in [2.45, 2.75) is 37.1 Å². The van der Waals surface area contributed by atoms with Gasteiger partial charge in [-0.15, -0.1) is 10.2 Å². The minimum atomic E-state index is -0.543. The topological polar surface area (TPSA) is 64.1 Å². The standard InChI is InChI=1S/C15H19N3O2S2/c1-3-10-21-15-18-17-14(22-15)16-13(19)12(4-2)20-11-8-6-5-7-9-11/h5-9,12H,3-4,10H2,1-2H3,(H,16,17,19). The number of benzene rings is 1. The van der Waals surface area contributed by atoms with Gasteiger partial charge in [-0.3, -0.25) is 10.1 Å². The molecule has 0 bridgehead atoms. The Morgan fingerprint density at radius 2 is 2.09 bits per heavy atom. The quantitative estimate of drug-likeness (QED) is 0.586. The van der Waals surface area contributed by atoms with E-state index in [1.165, 1.54) is 11.3 Å². The second kappa shape index (κ2) is 8.75. The highest BCUT2D eigenvalue weighted by atomic mass is 32.2. The van der Waals surface area contributed by atoms with Crippen molar-refractivity contribution >= 4 is 34.1 Å². The van der Waals surface area contributed by atoms with Crippen molar-refractivity contribution < 1.29 is 9.53 Å². The molecule has 5 nitrogen and oxygen atoms in total. The summed E-state index contributed by atoms with van der Waals surface area (Å²) in [7, 11) is 0. The molecule has 0 aliphatic carbocycles. The molecule has 1 aromatic carbocycles. The van der Waals surface area contributed by atoms with Crippen molar-refractivity contribution in [2.75, 3.05) is 11.1 Å². The second-order valence-electron chi connectivity index (χ2n) is 4.54. The molecule has 118 valence electrons. The summed E-state index contributed by atoms with van der Waals surface area (Å²) in [5, 5.41) is 11.3. The van der Waals surface area contributed by atoms with E-state index in [2.05, 4.69) is 22.4 Å². The first-order valence-electron chi connectivity index (χ1n) is 7.21. The molecule has 22 heavy (non-hydrogen) atoms. The molecule has 1 aromatic heterocycles. The van der Waals surface area contributed by atoms with E-state index >= 15 is 0 Å². The van der Waals surface area contributed by atoms with Crippen LogP contribution in [0.5, 0.6) is 5.75 Å². The van der Waals surface area contributed by atoms with Gasteiger partial charge in [0.15, 0.2) is 10.4 Å². The lowest BCUT2D eigenvalue weighted by atomic mass is 10.2. The van der Waals surface area contributed by atoms with Gasteiger partial charge in [0.05, 0.1) is 0 Å². The molecule has 1 unspecified atom stereocenters. The summed E-state index contributed by atoms with van der Waals surface area (Å²) >= 11 is 3.04. The molecule has 1 N–H and O–H groups in total. The van der Waals surface area contributed by atoms with Crippen molar-refractivity contribution in [1.82, 2.24) is 10.2 Å². The number of aromatic nitrogens is 2. The fraction of sp³-hybridized carbons (Fsp3) is 0.400. The number of carbonyl (C=O) groups is 1. The molecule has 1 heterocycles. The highest BCUT2D eigenvalue weighted by Crippen LogP contribution is 2.26. The first kappa shape index (κ1) is 16.8. The summed E-state index contributed by atoms with van der Waals surface area (Å²) < 4.78 is 6.58. The van der Waals surface area contributed by atoms with E-state index in [-0.39, 0.29) is 5.91 Å². The van der Waals surface area contributed by atoms with Gasteiger partial charge in [0, 0.05) is 5.75 Å². The summed E-state index contributed by atoms with van der Waals surface area (Å²) in [6.45, 7) is 4.03. The van der Waals surface area contributed by atoms with E-state index in [4.69, 9.17) is 4.74 Å². The van der Waals surface area contributed by atoms with Crippen LogP contribution in [0.3, 0.4) is 0 Å². The number of nitrogens with one attached hydrogen (secondary N) is 1. The van der Waals surface area contributed by atoms with Gasteiger partial charge in [-0.05, 0) is 25.0 Å². The Bertz CT molecular complexity index is 589. The number of amides is 1. The number of anilines is 1. The van der Waals surface area contributed by atoms with E-state index in [1.54, 1.807) is 11.8 Å². The lowest BCUT2D eigenvalue weighted by Crippen LogP contribution is -2.32. The average Bonchev–Trinajstić information content (AvgIpc) is 2.98. The lowest BCUT2D eigenvalue weighted by Gasteiger charge is -2.16. The predicted octanol–water partition coefficient (Wildman–Crippen LogP) is 3.84. The predicted molar refractivity (Wildman–Crippen MR) is 90.7 cm³/mol. The summed E-state index contributed by atoms with van der Waals surface area (Å²) in [5.41, 5.74) is 0. The van der Waals surface area contributed by atoms with Crippen LogP contribution in [0.2, 0.25) is 0 Å². The third kappa shape index (κ3) is 4.99. The number of rotatable bonds is 8. The summed E-state index contributed by atoms with van der Waals surface area (Å²) in [6.07, 6.45) is 1.11. The molecule has 0 radical (unpaired) electrons. The van der Waals surface area contributed by atoms with Crippen LogP contribution in [0.1, 0.15) is 26.7 Å². The Morgan fingerprint density at radius 3 is 2.77 bits per heavy atom. The molecule has 0 spiro atoms. The number of carbonyl (C=O) groups excluding carboxylic acids is 1. The molecule has 0 aliphatic rings. The maximum absolute atomic E-state index is 12.3. The number of hydrogen-bond acceptors (Lipinski definition) is 6.